The monoisotopic (exact) mass is 286 g/mol. The maximum absolute atomic E-state index is 12.6. The minimum absolute atomic E-state index is 0. The summed E-state index contributed by atoms with van der Waals surface area (Å²) in [6.45, 7) is 0.956. The molecule has 1 fully saturated rings. The molecular formula is C10H11Cl2F3N2. The van der Waals surface area contributed by atoms with Gasteiger partial charge in [0, 0.05) is 13.1 Å². The van der Waals surface area contributed by atoms with Gasteiger partial charge in [0.1, 0.15) is 0 Å². The molecule has 1 aromatic carbocycles. The normalized spacial score (nSPS) is 18.2. The van der Waals surface area contributed by atoms with Gasteiger partial charge in [0.2, 0.25) is 0 Å². The van der Waals surface area contributed by atoms with Gasteiger partial charge in [0.15, 0.2) is 0 Å². The van der Waals surface area contributed by atoms with Crippen LogP contribution in [-0.4, -0.2) is 13.1 Å². The van der Waals surface area contributed by atoms with Crippen LogP contribution >= 0.6 is 24.0 Å². The SMILES string of the molecule is Cl.NC1(c2ccc(Cl)c(C(F)(F)F)c2)CNC1. The Kier molecular flexibility index (Phi) is 3.98. The fourth-order valence-electron chi connectivity index (χ4n) is 1.65. The van der Waals surface area contributed by atoms with Gasteiger partial charge in [0.05, 0.1) is 16.1 Å². The number of nitrogens with two attached hydrogens (primary N) is 1. The van der Waals surface area contributed by atoms with Crippen LogP contribution in [0.2, 0.25) is 5.02 Å². The molecule has 96 valence electrons. The molecule has 1 aliphatic rings. The minimum atomic E-state index is -4.44. The zero-order valence-corrected chi connectivity index (χ0v) is 10.2. The molecule has 2 nitrogen and oxygen atoms in total. The highest BCUT2D eigenvalue weighted by molar-refractivity contribution is 6.31. The number of hydrogen-bond donors (Lipinski definition) is 2. The molecule has 0 aliphatic carbocycles. The zero-order valence-electron chi connectivity index (χ0n) is 8.64. The highest BCUT2D eigenvalue weighted by Crippen LogP contribution is 2.37. The van der Waals surface area contributed by atoms with Crippen molar-refractivity contribution in [2.45, 2.75) is 11.7 Å². The van der Waals surface area contributed by atoms with Crippen LogP contribution in [0, 0.1) is 0 Å². The fourth-order valence-corrected chi connectivity index (χ4v) is 1.88. The van der Waals surface area contributed by atoms with Gasteiger partial charge in [-0.15, -0.1) is 12.4 Å². The van der Waals surface area contributed by atoms with Gasteiger partial charge in [-0.05, 0) is 17.7 Å². The first kappa shape index (κ1) is 14.6. The molecule has 7 heteroatoms. The summed E-state index contributed by atoms with van der Waals surface area (Å²) < 4.78 is 37.8. The van der Waals surface area contributed by atoms with Crippen LogP contribution in [0.3, 0.4) is 0 Å². The van der Waals surface area contributed by atoms with Crippen molar-refractivity contribution in [1.82, 2.24) is 5.32 Å². The quantitative estimate of drug-likeness (QED) is 0.833. The first-order valence-electron chi connectivity index (χ1n) is 4.70. The van der Waals surface area contributed by atoms with Crippen molar-refractivity contribution in [1.29, 1.82) is 0 Å². The minimum Gasteiger partial charge on any atom is -0.319 e. The lowest BCUT2D eigenvalue weighted by molar-refractivity contribution is -0.137. The number of hydrogen-bond acceptors (Lipinski definition) is 2. The molecule has 0 saturated carbocycles. The Morgan fingerprint density at radius 2 is 1.88 bits per heavy atom. The van der Waals surface area contributed by atoms with Gasteiger partial charge in [-0.1, -0.05) is 17.7 Å². The van der Waals surface area contributed by atoms with Gasteiger partial charge < -0.3 is 11.1 Å². The van der Waals surface area contributed by atoms with Gasteiger partial charge in [-0.2, -0.15) is 13.2 Å². The molecule has 3 N–H and O–H groups in total. The maximum atomic E-state index is 12.6. The first-order valence-corrected chi connectivity index (χ1v) is 5.07. The molecule has 1 aromatic rings. The highest BCUT2D eigenvalue weighted by atomic mass is 35.5. The van der Waals surface area contributed by atoms with Crippen LogP contribution in [0.25, 0.3) is 0 Å². The zero-order chi connectivity index (χ0) is 12.0. The van der Waals surface area contributed by atoms with E-state index in [0.717, 1.165) is 6.07 Å². The third-order valence-electron chi connectivity index (χ3n) is 2.73. The average Bonchev–Trinajstić information content (AvgIpc) is 2.13. The van der Waals surface area contributed by atoms with Crippen LogP contribution < -0.4 is 11.1 Å². The lowest BCUT2D eigenvalue weighted by Gasteiger charge is -2.39. The van der Waals surface area contributed by atoms with Gasteiger partial charge in [-0.3, -0.25) is 0 Å². The van der Waals surface area contributed by atoms with Crippen molar-refractivity contribution in [3.63, 3.8) is 0 Å². The summed E-state index contributed by atoms with van der Waals surface area (Å²) in [7, 11) is 0. The fraction of sp³-hybridized carbons (Fsp3) is 0.400. The lowest BCUT2D eigenvalue weighted by Crippen LogP contribution is -2.62. The third-order valence-corrected chi connectivity index (χ3v) is 3.06. The van der Waals surface area contributed by atoms with Crippen molar-refractivity contribution >= 4 is 24.0 Å². The smallest absolute Gasteiger partial charge is 0.319 e. The van der Waals surface area contributed by atoms with Gasteiger partial charge in [0.25, 0.3) is 0 Å². The molecule has 0 radical (unpaired) electrons. The van der Waals surface area contributed by atoms with Crippen LogP contribution in [0.15, 0.2) is 18.2 Å². The predicted octanol–water partition coefficient (Wildman–Crippen LogP) is 2.54. The maximum Gasteiger partial charge on any atom is 0.417 e. The number of benzene rings is 1. The second-order valence-electron chi connectivity index (χ2n) is 3.95. The Bertz CT molecular complexity index is 417. The van der Waals surface area contributed by atoms with Gasteiger partial charge in [-0.25, -0.2) is 0 Å². The van der Waals surface area contributed by atoms with Crippen molar-refractivity contribution in [3.05, 3.63) is 34.3 Å². The largest absolute Gasteiger partial charge is 0.417 e. The second-order valence-corrected chi connectivity index (χ2v) is 4.36. The first-order chi connectivity index (χ1) is 7.33. The van der Waals surface area contributed by atoms with E-state index in [-0.39, 0.29) is 17.4 Å². The second kappa shape index (κ2) is 4.65. The topological polar surface area (TPSA) is 38.0 Å². The molecule has 0 aromatic heterocycles. The lowest BCUT2D eigenvalue weighted by atomic mass is 9.84. The van der Waals surface area contributed by atoms with Crippen LogP contribution in [0.4, 0.5) is 13.2 Å². The Morgan fingerprint density at radius 3 is 2.29 bits per heavy atom. The average molecular weight is 287 g/mol. The molecule has 1 saturated heterocycles. The van der Waals surface area contributed by atoms with E-state index < -0.39 is 17.3 Å². The number of halogens is 5. The molecule has 0 unspecified atom stereocenters. The summed E-state index contributed by atoms with van der Waals surface area (Å²) in [5, 5.41) is 2.63. The molecule has 17 heavy (non-hydrogen) atoms. The van der Waals surface area contributed by atoms with E-state index in [9.17, 15) is 13.2 Å². The van der Waals surface area contributed by atoms with Crippen molar-refractivity contribution in [2.24, 2.45) is 5.73 Å². The van der Waals surface area contributed by atoms with Crippen molar-refractivity contribution in [2.75, 3.05) is 13.1 Å². The molecule has 0 bridgehead atoms. The Hall–Kier alpha value is -0.490. The van der Waals surface area contributed by atoms with Crippen molar-refractivity contribution in [3.8, 4) is 0 Å². The van der Waals surface area contributed by atoms with Crippen LogP contribution in [0.5, 0.6) is 0 Å². The molecule has 2 rings (SSSR count). The highest BCUT2D eigenvalue weighted by Gasteiger charge is 2.38. The number of nitrogens with one attached hydrogen (secondary N) is 1. The van der Waals surface area contributed by atoms with E-state index in [1.54, 1.807) is 6.07 Å². The van der Waals surface area contributed by atoms with Crippen LogP contribution in [0.1, 0.15) is 11.1 Å². The Morgan fingerprint density at radius 1 is 1.29 bits per heavy atom. The van der Waals surface area contributed by atoms with Gasteiger partial charge >= 0.3 is 6.18 Å². The summed E-state index contributed by atoms with van der Waals surface area (Å²) in [6, 6.07) is 3.81. The molecule has 0 amide bonds. The van der Waals surface area contributed by atoms with Crippen LogP contribution in [-0.2, 0) is 11.7 Å². The molecular weight excluding hydrogens is 276 g/mol. The summed E-state index contributed by atoms with van der Waals surface area (Å²) in [5.41, 5.74) is 4.84. The summed E-state index contributed by atoms with van der Waals surface area (Å²) in [6.07, 6.45) is -4.44. The number of alkyl halides is 3. The number of rotatable bonds is 1. The standard InChI is InChI=1S/C10H10ClF3N2.ClH/c11-8-2-1-6(9(15)4-16-5-9)3-7(8)10(12,13)14;/h1-3,16H,4-5,15H2;1H. The molecule has 0 atom stereocenters. The van der Waals surface area contributed by atoms with E-state index >= 15 is 0 Å². The summed E-state index contributed by atoms with van der Waals surface area (Å²) >= 11 is 5.52. The Balaban J connectivity index is 0.00000144. The van der Waals surface area contributed by atoms with E-state index in [2.05, 4.69) is 5.32 Å². The Labute approximate surface area is 108 Å². The van der Waals surface area contributed by atoms with Crippen molar-refractivity contribution < 1.29 is 13.2 Å². The predicted molar refractivity (Wildman–Crippen MR) is 62.4 cm³/mol. The van der Waals surface area contributed by atoms with E-state index in [4.69, 9.17) is 17.3 Å². The summed E-state index contributed by atoms with van der Waals surface area (Å²) in [5.74, 6) is 0. The van der Waals surface area contributed by atoms with E-state index in [1.165, 1.54) is 6.07 Å². The summed E-state index contributed by atoms with van der Waals surface area (Å²) in [4.78, 5) is 0. The van der Waals surface area contributed by atoms with E-state index in [1.807, 2.05) is 0 Å². The van der Waals surface area contributed by atoms with E-state index in [0.29, 0.717) is 18.7 Å². The molecule has 0 spiro atoms. The third kappa shape index (κ3) is 2.68. The molecule has 1 aliphatic heterocycles. The molecule has 1 heterocycles.